The summed E-state index contributed by atoms with van der Waals surface area (Å²) in [4.78, 5) is 18.3. The molecule has 1 aromatic heterocycles. The highest BCUT2D eigenvalue weighted by Gasteiger charge is 2.36. The monoisotopic (exact) mass is 800 g/mol. The molecule has 0 spiro atoms. The molecule has 2 aliphatic carbocycles. The van der Waals surface area contributed by atoms with Crippen molar-refractivity contribution in [3.8, 4) is 33.8 Å². The number of halogens is 1. The van der Waals surface area contributed by atoms with E-state index in [1.807, 2.05) is 25.2 Å². The molecular weight excluding hydrogens is 748 g/mol. The molecular formula is C48H53ClN4O5. The van der Waals surface area contributed by atoms with Gasteiger partial charge in [0.1, 0.15) is 24.7 Å². The number of aliphatic hydroxyl groups excluding tert-OH is 1. The fourth-order valence-corrected chi connectivity index (χ4v) is 9.42. The molecule has 9 nitrogen and oxygen atoms in total. The first kappa shape index (κ1) is 39.9. The average molecular weight is 801 g/mol. The summed E-state index contributed by atoms with van der Waals surface area (Å²) in [6.45, 7) is 6.99. The number of likely N-dealkylation sites (tertiary alicyclic amines) is 1. The number of nitrogens with zero attached hydrogens (tertiary/aromatic N) is 2. The highest BCUT2D eigenvalue weighted by molar-refractivity contribution is 6.32. The number of aliphatic carboxylic acids is 1. The van der Waals surface area contributed by atoms with Crippen LogP contribution in [0.2, 0.25) is 5.02 Å². The Kier molecular flexibility index (Phi) is 12.0. The molecule has 1 unspecified atom stereocenters. The standard InChI is InChI=1S/C48H53ClN4O5/c1-29-35(28-58-47-22-46(57-27-31-19-37(50-3)25-51-23-31)36(21-42(47)49)24-52-43-11-6-12-45(43)54)7-4-9-39(29)40-10-5-8-38(30(40)2)32-13-15-41-33(20-32)14-16-44(41)53-18-17-34(26-53)48(55)56/h4-5,7-10,13,15,19-23,25,34,43-45,50,52,54H,6,11-12,14,16-18,24,26-28H2,1-3H3,(H,55,56)/t34-,43+,44?,45-/m0/s1. The number of hydrogen-bond donors (Lipinski definition) is 4. The van der Waals surface area contributed by atoms with Gasteiger partial charge in [-0.1, -0.05) is 66.2 Å². The van der Waals surface area contributed by atoms with E-state index >= 15 is 0 Å². The number of pyridine rings is 1. The SMILES string of the molecule is CNc1cncc(COc2cc(OCc3cccc(-c4cccc(-c5ccc6c(c5)CCC6N5CC[C@H](C(=O)O)C5)c4C)c3C)c(Cl)cc2CN[C@@H]2CCC[C@@H]2O)c1. The topological polar surface area (TPSA) is 116 Å². The Bertz CT molecular complexity index is 2300. The van der Waals surface area contributed by atoms with Gasteiger partial charge in [-0.05, 0) is 121 Å². The molecule has 8 rings (SSSR count). The Morgan fingerprint density at radius 1 is 0.879 bits per heavy atom. The second kappa shape index (κ2) is 17.5. The van der Waals surface area contributed by atoms with Gasteiger partial charge in [-0.25, -0.2) is 0 Å². The number of fused-ring (bicyclic) bond motifs is 1. The van der Waals surface area contributed by atoms with Crippen molar-refractivity contribution in [1.29, 1.82) is 0 Å². The summed E-state index contributed by atoms with van der Waals surface area (Å²) in [5.74, 6) is 0.259. The van der Waals surface area contributed by atoms with Gasteiger partial charge in [0, 0.05) is 61.8 Å². The lowest BCUT2D eigenvalue weighted by molar-refractivity contribution is -0.141. The van der Waals surface area contributed by atoms with E-state index in [0.29, 0.717) is 48.9 Å². The summed E-state index contributed by atoms with van der Waals surface area (Å²) < 4.78 is 12.9. The summed E-state index contributed by atoms with van der Waals surface area (Å²) in [6.07, 6.45) is 8.73. The first-order valence-corrected chi connectivity index (χ1v) is 20.9. The van der Waals surface area contributed by atoms with Crippen molar-refractivity contribution in [3.63, 3.8) is 0 Å². The van der Waals surface area contributed by atoms with Gasteiger partial charge in [0.2, 0.25) is 0 Å². The molecule has 0 bridgehead atoms. The maximum atomic E-state index is 11.6. The third-order valence-electron chi connectivity index (χ3n) is 12.6. The predicted octanol–water partition coefficient (Wildman–Crippen LogP) is 9.28. The third-order valence-corrected chi connectivity index (χ3v) is 12.9. The minimum Gasteiger partial charge on any atom is -0.488 e. The largest absolute Gasteiger partial charge is 0.488 e. The number of carboxylic acids is 1. The van der Waals surface area contributed by atoms with E-state index in [9.17, 15) is 15.0 Å². The van der Waals surface area contributed by atoms with Crippen LogP contribution in [0.25, 0.3) is 22.3 Å². The number of anilines is 1. The summed E-state index contributed by atoms with van der Waals surface area (Å²) in [5.41, 5.74) is 13.6. The number of ether oxygens (including phenoxy) is 2. The lowest BCUT2D eigenvalue weighted by atomic mass is 9.89. The first-order chi connectivity index (χ1) is 28.2. The van der Waals surface area contributed by atoms with Crippen molar-refractivity contribution in [3.05, 3.63) is 129 Å². The summed E-state index contributed by atoms with van der Waals surface area (Å²) >= 11 is 6.91. The van der Waals surface area contributed by atoms with Crippen molar-refractivity contribution < 1.29 is 24.5 Å². The molecule has 1 saturated carbocycles. The molecule has 10 heteroatoms. The molecule has 1 aliphatic heterocycles. The van der Waals surface area contributed by atoms with Crippen LogP contribution in [0, 0.1) is 19.8 Å². The molecule has 5 aromatic rings. The number of aliphatic hydroxyl groups is 1. The van der Waals surface area contributed by atoms with Crippen molar-refractivity contribution in [1.82, 2.24) is 15.2 Å². The van der Waals surface area contributed by atoms with Crippen LogP contribution in [0.3, 0.4) is 0 Å². The lowest BCUT2D eigenvalue weighted by Crippen LogP contribution is -2.35. The lowest BCUT2D eigenvalue weighted by Gasteiger charge is -2.24. The molecule has 0 radical (unpaired) electrons. The van der Waals surface area contributed by atoms with E-state index in [2.05, 4.69) is 89.0 Å². The van der Waals surface area contributed by atoms with Gasteiger partial charge < -0.3 is 30.3 Å². The number of carboxylic acid groups (broad SMARTS) is 1. The molecule has 1 saturated heterocycles. The number of benzene rings is 4. The minimum absolute atomic E-state index is 0.0382. The van der Waals surface area contributed by atoms with E-state index < -0.39 is 5.97 Å². The Morgan fingerprint density at radius 2 is 1.67 bits per heavy atom. The molecule has 2 heterocycles. The Hall–Kier alpha value is -4.93. The molecule has 302 valence electrons. The molecule has 0 amide bonds. The Balaban J connectivity index is 1.00. The predicted molar refractivity (Wildman–Crippen MR) is 230 cm³/mol. The van der Waals surface area contributed by atoms with E-state index in [1.165, 1.54) is 33.4 Å². The normalized spacial score (nSPS) is 20.3. The highest BCUT2D eigenvalue weighted by Crippen LogP contribution is 2.42. The van der Waals surface area contributed by atoms with Gasteiger partial charge in [-0.3, -0.25) is 14.7 Å². The minimum atomic E-state index is -0.680. The van der Waals surface area contributed by atoms with Crippen LogP contribution >= 0.6 is 11.6 Å². The van der Waals surface area contributed by atoms with Crippen LogP contribution in [0.4, 0.5) is 5.69 Å². The van der Waals surface area contributed by atoms with Crippen LogP contribution in [-0.2, 0) is 31.0 Å². The number of rotatable bonds is 14. The molecule has 4 aromatic carbocycles. The van der Waals surface area contributed by atoms with Crippen molar-refractivity contribution in [2.75, 3.05) is 25.5 Å². The van der Waals surface area contributed by atoms with Gasteiger partial charge in [-0.15, -0.1) is 0 Å². The van der Waals surface area contributed by atoms with E-state index in [0.717, 1.165) is 78.6 Å². The summed E-state index contributed by atoms with van der Waals surface area (Å²) in [5, 5.41) is 27.1. The zero-order valence-corrected chi connectivity index (χ0v) is 34.3. The molecule has 4 atom stereocenters. The van der Waals surface area contributed by atoms with Crippen molar-refractivity contribution >= 4 is 23.3 Å². The molecule has 4 N–H and O–H groups in total. The van der Waals surface area contributed by atoms with Crippen LogP contribution in [-0.4, -0.2) is 58.3 Å². The highest BCUT2D eigenvalue weighted by atomic mass is 35.5. The quantitative estimate of drug-likeness (QED) is 0.0873. The van der Waals surface area contributed by atoms with E-state index in [1.54, 1.807) is 12.4 Å². The second-order valence-electron chi connectivity index (χ2n) is 16.1. The smallest absolute Gasteiger partial charge is 0.307 e. The van der Waals surface area contributed by atoms with Crippen LogP contribution in [0.1, 0.15) is 77.1 Å². The Morgan fingerprint density at radius 3 is 2.45 bits per heavy atom. The van der Waals surface area contributed by atoms with Gasteiger partial charge in [0.15, 0.2) is 0 Å². The van der Waals surface area contributed by atoms with Crippen LogP contribution in [0.5, 0.6) is 11.5 Å². The average Bonchev–Trinajstić information content (AvgIpc) is 4.00. The second-order valence-corrected chi connectivity index (χ2v) is 16.5. The van der Waals surface area contributed by atoms with Gasteiger partial charge >= 0.3 is 5.97 Å². The number of aryl methyl sites for hydroxylation is 1. The summed E-state index contributed by atoms with van der Waals surface area (Å²) in [7, 11) is 1.86. The maximum Gasteiger partial charge on any atom is 0.307 e. The zero-order chi connectivity index (χ0) is 40.3. The number of aromatic nitrogens is 1. The van der Waals surface area contributed by atoms with Crippen molar-refractivity contribution in [2.45, 2.75) is 90.3 Å². The fourth-order valence-electron chi connectivity index (χ4n) is 9.18. The van der Waals surface area contributed by atoms with Gasteiger partial charge in [0.05, 0.1) is 22.7 Å². The third kappa shape index (κ3) is 8.45. The summed E-state index contributed by atoms with van der Waals surface area (Å²) in [6, 6.07) is 25.9. The van der Waals surface area contributed by atoms with E-state index in [-0.39, 0.29) is 18.1 Å². The molecule has 58 heavy (non-hydrogen) atoms. The maximum absolute atomic E-state index is 11.6. The number of hydrogen-bond acceptors (Lipinski definition) is 8. The van der Waals surface area contributed by atoms with Crippen LogP contribution < -0.4 is 20.1 Å². The van der Waals surface area contributed by atoms with Crippen molar-refractivity contribution in [2.24, 2.45) is 5.92 Å². The van der Waals surface area contributed by atoms with Gasteiger partial charge in [0.25, 0.3) is 0 Å². The first-order valence-electron chi connectivity index (χ1n) is 20.6. The van der Waals surface area contributed by atoms with E-state index in [4.69, 9.17) is 21.1 Å². The number of nitrogens with one attached hydrogen (secondary N) is 2. The molecule has 2 fully saturated rings. The Labute approximate surface area is 346 Å². The molecule has 3 aliphatic rings. The van der Waals surface area contributed by atoms with Gasteiger partial charge in [-0.2, -0.15) is 0 Å². The van der Waals surface area contributed by atoms with Crippen LogP contribution in [0.15, 0.2) is 85.2 Å². The number of carbonyl (C=O) groups is 1. The fraction of sp³-hybridized carbons (Fsp3) is 0.375. The zero-order valence-electron chi connectivity index (χ0n) is 33.6.